The minimum Gasteiger partial charge on any atom is -0.466 e. The van der Waals surface area contributed by atoms with Crippen LogP contribution in [0.15, 0.2) is 65.1 Å². The molecule has 0 saturated heterocycles. The highest BCUT2D eigenvalue weighted by atomic mass is 35.5. The van der Waals surface area contributed by atoms with Crippen molar-refractivity contribution in [2.75, 3.05) is 11.9 Å². The largest absolute Gasteiger partial charge is 0.466 e. The van der Waals surface area contributed by atoms with E-state index in [2.05, 4.69) is 5.32 Å². The fourth-order valence-electron chi connectivity index (χ4n) is 2.73. The van der Waals surface area contributed by atoms with Crippen LogP contribution in [0.1, 0.15) is 29.5 Å². The fraction of sp³-hybridized carbons (Fsp3) is 0.182. The van der Waals surface area contributed by atoms with Crippen molar-refractivity contribution >= 4 is 29.2 Å². The predicted octanol–water partition coefficient (Wildman–Crippen LogP) is 5.35. The number of esters is 1. The van der Waals surface area contributed by atoms with Crippen LogP contribution in [0.3, 0.4) is 0 Å². The molecule has 0 spiro atoms. The Hall–Kier alpha value is -3.05. The maximum absolute atomic E-state index is 12.5. The molecule has 0 radical (unpaired) electrons. The number of nitrogens with one attached hydrogen (secondary N) is 1. The Morgan fingerprint density at radius 3 is 2.68 bits per heavy atom. The Bertz CT molecular complexity index is 980. The maximum Gasteiger partial charge on any atom is 0.306 e. The average molecular weight is 398 g/mol. The van der Waals surface area contributed by atoms with Gasteiger partial charge in [0.1, 0.15) is 5.76 Å². The minimum atomic E-state index is -0.351. The van der Waals surface area contributed by atoms with Crippen molar-refractivity contribution < 1.29 is 18.7 Å². The Morgan fingerprint density at radius 2 is 1.89 bits per heavy atom. The van der Waals surface area contributed by atoms with Crippen LogP contribution >= 0.6 is 11.6 Å². The molecular formula is C22H20ClNO4. The second kappa shape index (κ2) is 9.24. The van der Waals surface area contributed by atoms with Gasteiger partial charge in [-0.1, -0.05) is 35.9 Å². The molecule has 0 aliphatic heterocycles. The van der Waals surface area contributed by atoms with Gasteiger partial charge in [0.2, 0.25) is 0 Å². The normalized spacial score (nSPS) is 10.5. The molecule has 0 aliphatic carbocycles. The van der Waals surface area contributed by atoms with Crippen molar-refractivity contribution in [3.8, 4) is 11.3 Å². The SMILES string of the molecule is CCOC(=O)CCc1cccc(NC(=O)c2ccc(-c3cccc(Cl)c3)o2)c1. The summed E-state index contributed by atoms with van der Waals surface area (Å²) in [6, 6.07) is 17.9. The number of halogens is 1. The molecule has 3 aromatic rings. The summed E-state index contributed by atoms with van der Waals surface area (Å²) in [6.45, 7) is 2.15. The Kier molecular flexibility index (Phi) is 6.50. The van der Waals surface area contributed by atoms with Crippen molar-refractivity contribution in [3.05, 3.63) is 77.0 Å². The number of amides is 1. The average Bonchev–Trinajstić information content (AvgIpc) is 3.17. The standard InChI is InChI=1S/C22H20ClNO4/c1-2-27-21(25)12-9-15-5-3-8-18(13-15)24-22(26)20-11-10-19(28-20)16-6-4-7-17(23)14-16/h3-8,10-11,13-14H,2,9,12H2,1H3,(H,24,26). The molecule has 1 aromatic heterocycles. The van der Waals surface area contributed by atoms with Gasteiger partial charge in [0, 0.05) is 22.7 Å². The number of hydrogen-bond donors (Lipinski definition) is 1. The van der Waals surface area contributed by atoms with Crippen LogP contribution in [0, 0.1) is 0 Å². The fourth-order valence-corrected chi connectivity index (χ4v) is 2.92. The lowest BCUT2D eigenvalue weighted by Crippen LogP contribution is -2.11. The molecule has 0 unspecified atom stereocenters. The third-order valence-corrected chi connectivity index (χ3v) is 4.28. The molecule has 1 amide bonds. The van der Waals surface area contributed by atoms with Crippen LogP contribution in [-0.4, -0.2) is 18.5 Å². The number of aryl methyl sites for hydroxylation is 1. The molecule has 0 saturated carbocycles. The van der Waals surface area contributed by atoms with E-state index in [0.29, 0.717) is 35.9 Å². The first-order chi connectivity index (χ1) is 13.5. The van der Waals surface area contributed by atoms with Gasteiger partial charge in [-0.3, -0.25) is 9.59 Å². The summed E-state index contributed by atoms with van der Waals surface area (Å²) < 4.78 is 10.6. The lowest BCUT2D eigenvalue weighted by Gasteiger charge is -2.07. The summed E-state index contributed by atoms with van der Waals surface area (Å²) in [4.78, 5) is 24.0. The first-order valence-corrected chi connectivity index (χ1v) is 9.34. The van der Waals surface area contributed by atoms with E-state index in [9.17, 15) is 9.59 Å². The van der Waals surface area contributed by atoms with Crippen LogP contribution in [0.5, 0.6) is 0 Å². The zero-order chi connectivity index (χ0) is 19.9. The molecule has 144 valence electrons. The number of furan rings is 1. The van der Waals surface area contributed by atoms with Crippen LogP contribution in [0.2, 0.25) is 5.02 Å². The quantitative estimate of drug-likeness (QED) is 0.546. The summed E-state index contributed by atoms with van der Waals surface area (Å²) in [6.07, 6.45) is 0.842. The predicted molar refractivity (Wildman–Crippen MR) is 109 cm³/mol. The lowest BCUT2D eigenvalue weighted by molar-refractivity contribution is -0.143. The highest BCUT2D eigenvalue weighted by molar-refractivity contribution is 6.30. The van der Waals surface area contributed by atoms with Crippen molar-refractivity contribution in [1.82, 2.24) is 0 Å². The van der Waals surface area contributed by atoms with E-state index in [1.54, 1.807) is 37.3 Å². The van der Waals surface area contributed by atoms with Gasteiger partial charge in [-0.05, 0) is 55.3 Å². The van der Waals surface area contributed by atoms with E-state index in [-0.39, 0.29) is 17.6 Å². The molecular weight excluding hydrogens is 378 g/mol. The molecule has 0 fully saturated rings. The van der Waals surface area contributed by atoms with Crippen LogP contribution < -0.4 is 5.32 Å². The topological polar surface area (TPSA) is 68.5 Å². The monoisotopic (exact) mass is 397 g/mol. The summed E-state index contributed by atoms with van der Waals surface area (Å²) in [5.74, 6) is 0.180. The van der Waals surface area contributed by atoms with E-state index in [1.807, 2.05) is 30.3 Å². The van der Waals surface area contributed by atoms with E-state index in [1.165, 1.54) is 0 Å². The summed E-state index contributed by atoms with van der Waals surface area (Å²) in [7, 11) is 0. The highest BCUT2D eigenvalue weighted by Gasteiger charge is 2.13. The number of ether oxygens (including phenoxy) is 1. The molecule has 3 rings (SSSR count). The number of rotatable bonds is 7. The van der Waals surface area contributed by atoms with Gasteiger partial charge in [0.15, 0.2) is 5.76 Å². The summed E-state index contributed by atoms with van der Waals surface area (Å²) in [5.41, 5.74) is 2.37. The molecule has 0 aliphatic rings. The van der Waals surface area contributed by atoms with Crippen molar-refractivity contribution in [1.29, 1.82) is 0 Å². The van der Waals surface area contributed by atoms with Gasteiger partial charge in [0.25, 0.3) is 5.91 Å². The van der Waals surface area contributed by atoms with Crippen molar-refractivity contribution in [2.45, 2.75) is 19.8 Å². The third-order valence-electron chi connectivity index (χ3n) is 4.05. The molecule has 6 heteroatoms. The van der Waals surface area contributed by atoms with Gasteiger partial charge < -0.3 is 14.5 Å². The third kappa shape index (κ3) is 5.24. The second-order valence-electron chi connectivity index (χ2n) is 6.13. The van der Waals surface area contributed by atoms with Gasteiger partial charge in [-0.25, -0.2) is 0 Å². The number of benzene rings is 2. The highest BCUT2D eigenvalue weighted by Crippen LogP contribution is 2.25. The maximum atomic E-state index is 12.5. The smallest absolute Gasteiger partial charge is 0.306 e. The summed E-state index contributed by atoms with van der Waals surface area (Å²) >= 11 is 6.00. The Labute approximate surface area is 168 Å². The first kappa shape index (κ1) is 19.7. The number of carbonyl (C=O) groups excluding carboxylic acids is 2. The molecule has 28 heavy (non-hydrogen) atoms. The summed E-state index contributed by atoms with van der Waals surface area (Å²) in [5, 5.41) is 3.41. The van der Waals surface area contributed by atoms with Gasteiger partial charge >= 0.3 is 5.97 Å². The van der Waals surface area contributed by atoms with Crippen molar-refractivity contribution in [2.24, 2.45) is 0 Å². The van der Waals surface area contributed by atoms with E-state index in [4.69, 9.17) is 20.8 Å². The van der Waals surface area contributed by atoms with Crippen LogP contribution in [0.4, 0.5) is 5.69 Å². The zero-order valence-electron chi connectivity index (χ0n) is 15.4. The minimum absolute atomic E-state index is 0.201. The molecule has 0 atom stereocenters. The van der Waals surface area contributed by atoms with Gasteiger partial charge in [-0.15, -0.1) is 0 Å². The van der Waals surface area contributed by atoms with Gasteiger partial charge in [0.05, 0.1) is 6.61 Å². The molecule has 1 N–H and O–H groups in total. The lowest BCUT2D eigenvalue weighted by atomic mass is 10.1. The van der Waals surface area contributed by atoms with Gasteiger partial charge in [-0.2, -0.15) is 0 Å². The number of hydrogen-bond acceptors (Lipinski definition) is 4. The van der Waals surface area contributed by atoms with E-state index in [0.717, 1.165) is 11.1 Å². The molecule has 0 bridgehead atoms. The van der Waals surface area contributed by atoms with Crippen LogP contribution in [0.25, 0.3) is 11.3 Å². The Balaban J connectivity index is 1.65. The second-order valence-corrected chi connectivity index (χ2v) is 6.57. The first-order valence-electron chi connectivity index (χ1n) is 8.97. The zero-order valence-corrected chi connectivity index (χ0v) is 16.2. The number of carbonyl (C=O) groups is 2. The van der Waals surface area contributed by atoms with E-state index >= 15 is 0 Å². The molecule has 5 nitrogen and oxygen atoms in total. The van der Waals surface area contributed by atoms with E-state index < -0.39 is 0 Å². The number of anilines is 1. The molecule has 1 heterocycles. The van der Waals surface area contributed by atoms with Crippen molar-refractivity contribution in [3.63, 3.8) is 0 Å². The van der Waals surface area contributed by atoms with Crippen LogP contribution in [-0.2, 0) is 16.0 Å². The molecule has 2 aromatic carbocycles. The Morgan fingerprint density at radius 1 is 1.07 bits per heavy atom.